The highest BCUT2D eigenvalue weighted by molar-refractivity contribution is 5.95. The van der Waals surface area contributed by atoms with Crippen molar-refractivity contribution in [3.05, 3.63) is 65.2 Å². The van der Waals surface area contributed by atoms with Crippen LogP contribution in [-0.2, 0) is 11.3 Å². The summed E-state index contributed by atoms with van der Waals surface area (Å²) in [6.07, 6.45) is 3.94. The van der Waals surface area contributed by atoms with Crippen LogP contribution in [-0.4, -0.2) is 45.7 Å². The fourth-order valence-electron chi connectivity index (χ4n) is 4.42. The van der Waals surface area contributed by atoms with E-state index in [1.54, 1.807) is 24.4 Å². The number of nitrogens with zero attached hydrogens (tertiary/aromatic N) is 3. The van der Waals surface area contributed by atoms with E-state index >= 15 is 0 Å². The number of aromatic nitrogens is 1. The summed E-state index contributed by atoms with van der Waals surface area (Å²) in [6, 6.07) is 9.93. The summed E-state index contributed by atoms with van der Waals surface area (Å²) in [7, 11) is 0. The lowest BCUT2D eigenvalue weighted by atomic mass is 9.98. The van der Waals surface area contributed by atoms with Gasteiger partial charge < -0.3 is 9.80 Å². The Bertz CT molecular complexity index is 901. The monoisotopic (exact) mass is 381 g/mol. The molecule has 5 nitrogen and oxygen atoms in total. The number of benzene rings is 1. The minimum Gasteiger partial charge on any atom is -0.336 e. The van der Waals surface area contributed by atoms with Gasteiger partial charge in [0.15, 0.2) is 0 Å². The number of pyridine rings is 1. The van der Waals surface area contributed by atoms with Crippen LogP contribution in [0.2, 0.25) is 0 Å². The zero-order valence-corrected chi connectivity index (χ0v) is 16.0. The van der Waals surface area contributed by atoms with Crippen molar-refractivity contribution in [3.63, 3.8) is 0 Å². The van der Waals surface area contributed by atoms with E-state index in [1.807, 2.05) is 22.8 Å². The minimum atomic E-state index is -0.299. The molecule has 0 unspecified atom stereocenters. The van der Waals surface area contributed by atoms with E-state index in [9.17, 15) is 14.0 Å². The lowest BCUT2D eigenvalue weighted by molar-refractivity contribution is -0.133. The predicted molar refractivity (Wildman–Crippen MR) is 103 cm³/mol. The van der Waals surface area contributed by atoms with Crippen LogP contribution in [0.5, 0.6) is 0 Å². The fraction of sp³-hybridized carbons (Fsp3) is 0.409. The Morgan fingerprint density at radius 3 is 2.89 bits per heavy atom. The second kappa shape index (κ2) is 7.70. The first-order valence-corrected chi connectivity index (χ1v) is 9.78. The van der Waals surface area contributed by atoms with Gasteiger partial charge in [-0.3, -0.25) is 14.6 Å². The highest BCUT2D eigenvalue weighted by Crippen LogP contribution is 2.32. The van der Waals surface area contributed by atoms with Crippen molar-refractivity contribution in [1.29, 1.82) is 0 Å². The zero-order valence-electron chi connectivity index (χ0n) is 16.0. The Hall–Kier alpha value is -2.76. The summed E-state index contributed by atoms with van der Waals surface area (Å²) >= 11 is 0. The third kappa shape index (κ3) is 3.63. The first-order chi connectivity index (χ1) is 13.5. The zero-order chi connectivity index (χ0) is 19.7. The van der Waals surface area contributed by atoms with E-state index < -0.39 is 0 Å². The molecule has 6 heteroatoms. The molecule has 0 bridgehead atoms. The Kier molecular flexibility index (Phi) is 5.11. The van der Waals surface area contributed by atoms with Crippen LogP contribution >= 0.6 is 0 Å². The topological polar surface area (TPSA) is 53.5 Å². The number of carbonyl (C=O) groups is 2. The summed E-state index contributed by atoms with van der Waals surface area (Å²) < 4.78 is 13.6. The molecule has 2 fully saturated rings. The van der Waals surface area contributed by atoms with Crippen molar-refractivity contribution in [2.45, 2.75) is 38.8 Å². The van der Waals surface area contributed by atoms with Gasteiger partial charge in [-0.2, -0.15) is 0 Å². The van der Waals surface area contributed by atoms with Crippen LogP contribution in [0.15, 0.2) is 42.6 Å². The maximum Gasteiger partial charge on any atom is 0.255 e. The number of rotatable bonds is 3. The maximum atomic E-state index is 13.6. The summed E-state index contributed by atoms with van der Waals surface area (Å²) in [5, 5.41) is 0. The molecule has 2 saturated heterocycles. The lowest BCUT2D eigenvalue weighted by Gasteiger charge is -2.30. The molecule has 0 radical (unpaired) electrons. The van der Waals surface area contributed by atoms with Crippen molar-refractivity contribution < 1.29 is 14.0 Å². The molecule has 4 rings (SSSR count). The van der Waals surface area contributed by atoms with Gasteiger partial charge in [-0.1, -0.05) is 12.1 Å². The number of amides is 2. The van der Waals surface area contributed by atoms with Crippen molar-refractivity contribution >= 4 is 11.8 Å². The Morgan fingerprint density at radius 2 is 2.11 bits per heavy atom. The van der Waals surface area contributed by atoms with Crippen LogP contribution in [0.3, 0.4) is 0 Å². The van der Waals surface area contributed by atoms with Crippen molar-refractivity contribution in [1.82, 2.24) is 14.8 Å². The molecule has 28 heavy (non-hydrogen) atoms. The number of aryl methyl sites for hydroxylation is 1. The third-order valence-corrected chi connectivity index (χ3v) is 5.86. The largest absolute Gasteiger partial charge is 0.336 e. The smallest absolute Gasteiger partial charge is 0.255 e. The molecule has 2 aliphatic rings. The van der Waals surface area contributed by atoms with Gasteiger partial charge in [0.25, 0.3) is 5.91 Å². The first-order valence-electron chi connectivity index (χ1n) is 9.78. The molecular formula is C22H24FN3O2. The fourth-order valence-corrected chi connectivity index (χ4v) is 4.42. The van der Waals surface area contributed by atoms with E-state index in [-0.39, 0.29) is 29.6 Å². The number of hydrogen-bond donors (Lipinski definition) is 0. The summed E-state index contributed by atoms with van der Waals surface area (Å²) in [4.78, 5) is 33.7. The Balaban J connectivity index is 1.56. The van der Waals surface area contributed by atoms with E-state index in [4.69, 9.17) is 0 Å². The van der Waals surface area contributed by atoms with Gasteiger partial charge in [-0.15, -0.1) is 0 Å². The molecule has 2 aliphatic heterocycles. The third-order valence-electron chi connectivity index (χ3n) is 5.86. The van der Waals surface area contributed by atoms with Gasteiger partial charge in [0, 0.05) is 37.9 Å². The maximum absolute atomic E-state index is 13.6. The van der Waals surface area contributed by atoms with Crippen LogP contribution in [0.25, 0.3) is 0 Å². The van der Waals surface area contributed by atoms with Gasteiger partial charge in [0.2, 0.25) is 5.91 Å². The van der Waals surface area contributed by atoms with Crippen molar-refractivity contribution in [2.75, 3.05) is 13.1 Å². The number of carbonyl (C=O) groups excluding carboxylic acids is 2. The molecule has 2 aromatic rings. The lowest BCUT2D eigenvalue weighted by Crippen LogP contribution is -2.43. The molecule has 0 spiro atoms. The Morgan fingerprint density at radius 1 is 1.25 bits per heavy atom. The van der Waals surface area contributed by atoms with Crippen LogP contribution < -0.4 is 0 Å². The molecule has 1 aromatic heterocycles. The van der Waals surface area contributed by atoms with Crippen LogP contribution in [0.1, 0.15) is 40.9 Å². The van der Waals surface area contributed by atoms with E-state index in [0.717, 1.165) is 18.4 Å². The average Bonchev–Trinajstić information content (AvgIpc) is 3.04. The molecule has 0 saturated carbocycles. The number of halogens is 1. The van der Waals surface area contributed by atoms with E-state index in [2.05, 4.69) is 4.98 Å². The molecular weight excluding hydrogens is 357 g/mol. The van der Waals surface area contributed by atoms with Gasteiger partial charge in [0.05, 0.1) is 11.6 Å². The molecule has 0 N–H and O–H groups in total. The number of fused-ring (bicyclic) bond motifs is 1. The second-order valence-electron chi connectivity index (χ2n) is 7.72. The summed E-state index contributed by atoms with van der Waals surface area (Å²) in [6.45, 7) is 3.37. The first kappa shape index (κ1) is 18.6. The van der Waals surface area contributed by atoms with Gasteiger partial charge in [-0.25, -0.2) is 4.39 Å². The van der Waals surface area contributed by atoms with Crippen molar-refractivity contribution in [2.24, 2.45) is 5.92 Å². The molecule has 146 valence electrons. The minimum absolute atomic E-state index is 0.0285. The van der Waals surface area contributed by atoms with Gasteiger partial charge in [0.1, 0.15) is 5.82 Å². The number of likely N-dealkylation sites (tertiary alicyclic amines) is 2. The summed E-state index contributed by atoms with van der Waals surface area (Å²) in [5.41, 5.74) is 2.11. The van der Waals surface area contributed by atoms with Gasteiger partial charge in [-0.05, 0) is 55.5 Å². The second-order valence-corrected chi connectivity index (χ2v) is 7.72. The molecule has 0 aliphatic carbocycles. The molecule has 2 atom stereocenters. The highest BCUT2D eigenvalue weighted by atomic mass is 19.1. The molecule has 1 aromatic carbocycles. The van der Waals surface area contributed by atoms with Gasteiger partial charge >= 0.3 is 0 Å². The molecule has 2 amide bonds. The quantitative estimate of drug-likeness (QED) is 0.821. The molecule has 3 heterocycles. The van der Waals surface area contributed by atoms with E-state index in [1.165, 1.54) is 12.1 Å². The predicted octanol–water partition coefficient (Wildman–Crippen LogP) is 3.18. The standard InChI is InChI=1S/C22H24FN3O2/c1-15-19(8-4-10-24-15)22(28)25-13-17-6-3-9-21(27)26(20(17)14-25)12-16-5-2-7-18(23)11-16/h2,4-5,7-8,10-11,17,20H,3,6,9,12-14H2,1H3/t17-,20+/m1/s1. The highest BCUT2D eigenvalue weighted by Gasteiger charge is 2.42. The normalized spacial score (nSPS) is 22.1. The van der Waals surface area contributed by atoms with Crippen LogP contribution in [0, 0.1) is 18.7 Å². The van der Waals surface area contributed by atoms with Crippen LogP contribution in [0.4, 0.5) is 4.39 Å². The number of hydrogen-bond acceptors (Lipinski definition) is 3. The van der Waals surface area contributed by atoms with E-state index in [0.29, 0.717) is 37.3 Å². The SMILES string of the molecule is Cc1ncccc1C(=O)N1C[C@H]2CCCC(=O)N(Cc3cccc(F)c3)[C@H]2C1. The average molecular weight is 381 g/mol. The Labute approximate surface area is 164 Å². The summed E-state index contributed by atoms with van der Waals surface area (Å²) in [5.74, 6) is 0.00739. The van der Waals surface area contributed by atoms with Crippen molar-refractivity contribution in [3.8, 4) is 0 Å².